The van der Waals surface area contributed by atoms with Gasteiger partial charge in [0.15, 0.2) is 11.5 Å². The molecule has 0 atom stereocenters. The third-order valence-electron chi connectivity index (χ3n) is 1.76. The molecule has 0 aliphatic carbocycles. The maximum atomic E-state index is 9.20. The number of benzene rings is 1. The largest absolute Gasteiger partial charge is 0.504 e. The molecule has 1 aromatic carbocycles. The molecule has 0 aliphatic heterocycles. The van der Waals surface area contributed by atoms with Crippen molar-refractivity contribution >= 4 is 0 Å². The Hall–Kier alpha value is -1.66. The van der Waals surface area contributed by atoms with Crippen LogP contribution in [0.15, 0.2) is 18.2 Å². The average molecular weight is 191 g/mol. The van der Waals surface area contributed by atoms with Gasteiger partial charge in [0.1, 0.15) is 0 Å². The number of nitrogens with one attached hydrogen (secondary N) is 1. The molecule has 0 aliphatic rings. The minimum atomic E-state index is -0.0953. The summed E-state index contributed by atoms with van der Waals surface area (Å²) in [5.41, 5.74) is 0.915. The number of phenols is 2. The van der Waals surface area contributed by atoms with Gasteiger partial charge < -0.3 is 15.5 Å². The topological polar surface area (TPSA) is 52.5 Å². The second-order valence-electron chi connectivity index (χ2n) is 2.85. The summed E-state index contributed by atoms with van der Waals surface area (Å²) in [4.78, 5) is 0. The monoisotopic (exact) mass is 191 g/mol. The first-order chi connectivity index (χ1) is 6.74. The first-order valence-electron chi connectivity index (χ1n) is 4.35. The van der Waals surface area contributed by atoms with E-state index in [4.69, 9.17) is 5.11 Å². The van der Waals surface area contributed by atoms with Crippen LogP contribution in [-0.4, -0.2) is 16.8 Å². The smallest absolute Gasteiger partial charge is 0.157 e. The van der Waals surface area contributed by atoms with Crippen molar-refractivity contribution in [3.63, 3.8) is 0 Å². The summed E-state index contributed by atoms with van der Waals surface area (Å²) in [6.45, 7) is 3.04. The molecule has 0 spiro atoms. The van der Waals surface area contributed by atoms with Crippen LogP contribution in [0.4, 0.5) is 0 Å². The van der Waals surface area contributed by atoms with Crippen molar-refractivity contribution in [1.82, 2.24) is 5.32 Å². The standard InChI is InChI=1S/C11H13NO2/c1-2-3-6-12-8-9-4-5-10(13)11(14)7-9/h4-5,7,12-14H,6,8H2,1H3. The van der Waals surface area contributed by atoms with Gasteiger partial charge in [-0.25, -0.2) is 0 Å². The fourth-order valence-corrected chi connectivity index (χ4v) is 1.04. The highest BCUT2D eigenvalue weighted by molar-refractivity contribution is 5.40. The Bertz CT molecular complexity index is 363. The van der Waals surface area contributed by atoms with Crippen LogP contribution < -0.4 is 5.32 Å². The summed E-state index contributed by atoms with van der Waals surface area (Å²) in [6, 6.07) is 4.75. The minimum Gasteiger partial charge on any atom is -0.504 e. The van der Waals surface area contributed by atoms with E-state index in [2.05, 4.69) is 17.2 Å². The van der Waals surface area contributed by atoms with Crippen molar-refractivity contribution in [2.45, 2.75) is 13.5 Å². The summed E-state index contributed by atoms with van der Waals surface area (Å²) in [6.07, 6.45) is 0. The van der Waals surface area contributed by atoms with Crippen molar-refractivity contribution in [1.29, 1.82) is 0 Å². The van der Waals surface area contributed by atoms with Crippen LogP contribution in [0.3, 0.4) is 0 Å². The van der Waals surface area contributed by atoms with Gasteiger partial charge in [0.05, 0.1) is 6.54 Å². The Labute approximate surface area is 83.4 Å². The zero-order valence-corrected chi connectivity index (χ0v) is 8.04. The molecule has 0 amide bonds. The van der Waals surface area contributed by atoms with Crippen LogP contribution >= 0.6 is 0 Å². The summed E-state index contributed by atoms with van der Waals surface area (Å²) >= 11 is 0. The van der Waals surface area contributed by atoms with Crippen LogP contribution in [0.2, 0.25) is 0 Å². The predicted molar refractivity (Wildman–Crippen MR) is 54.9 cm³/mol. The second kappa shape index (κ2) is 5.15. The van der Waals surface area contributed by atoms with Gasteiger partial charge in [0, 0.05) is 6.54 Å². The van der Waals surface area contributed by atoms with Gasteiger partial charge in [-0.1, -0.05) is 12.0 Å². The Kier molecular flexibility index (Phi) is 3.84. The SMILES string of the molecule is CC#CCNCc1ccc(O)c(O)c1. The van der Waals surface area contributed by atoms with Gasteiger partial charge in [0.2, 0.25) is 0 Å². The van der Waals surface area contributed by atoms with E-state index in [0.29, 0.717) is 13.1 Å². The van der Waals surface area contributed by atoms with Crippen molar-refractivity contribution < 1.29 is 10.2 Å². The van der Waals surface area contributed by atoms with E-state index in [9.17, 15) is 5.11 Å². The number of hydrogen-bond acceptors (Lipinski definition) is 3. The molecule has 0 radical (unpaired) electrons. The molecule has 74 valence electrons. The first kappa shape index (κ1) is 10.4. The highest BCUT2D eigenvalue weighted by atomic mass is 16.3. The molecule has 0 saturated heterocycles. The van der Waals surface area contributed by atoms with E-state index >= 15 is 0 Å². The van der Waals surface area contributed by atoms with Crippen LogP contribution in [0.25, 0.3) is 0 Å². The number of hydrogen-bond donors (Lipinski definition) is 3. The minimum absolute atomic E-state index is 0.0918. The Morgan fingerprint density at radius 3 is 2.71 bits per heavy atom. The van der Waals surface area contributed by atoms with Gasteiger partial charge in [-0.05, 0) is 24.6 Å². The number of rotatable bonds is 3. The van der Waals surface area contributed by atoms with Crippen LogP contribution in [0.5, 0.6) is 11.5 Å². The van der Waals surface area contributed by atoms with Crippen molar-refractivity contribution in [3.05, 3.63) is 23.8 Å². The molecule has 0 heterocycles. The lowest BCUT2D eigenvalue weighted by molar-refractivity contribution is 0.403. The van der Waals surface area contributed by atoms with Gasteiger partial charge in [0.25, 0.3) is 0 Å². The number of phenolic OH excluding ortho intramolecular Hbond substituents is 2. The lowest BCUT2D eigenvalue weighted by atomic mass is 10.2. The lowest BCUT2D eigenvalue weighted by Gasteiger charge is -2.03. The molecule has 0 unspecified atom stereocenters. The van der Waals surface area contributed by atoms with E-state index in [1.807, 2.05) is 0 Å². The van der Waals surface area contributed by atoms with E-state index < -0.39 is 0 Å². The molecule has 0 saturated carbocycles. The van der Waals surface area contributed by atoms with E-state index in [1.165, 1.54) is 12.1 Å². The summed E-state index contributed by atoms with van der Waals surface area (Å²) < 4.78 is 0. The molecule has 0 fully saturated rings. The summed E-state index contributed by atoms with van der Waals surface area (Å²) in [7, 11) is 0. The summed E-state index contributed by atoms with van der Waals surface area (Å²) in [5.74, 6) is 5.46. The van der Waals surface area contributed by atoms with Gasteiger partial charge in [-0.15, -0.1) is 5.92 Å². The van der Waals surface area contributed by atoms with Crippen LogP contribution in [0.1, 0.15) is 12.5 Å². The Morgan fingerprint density at radius 2 is 2.07 bits per heavy atom. The fraction of sp³-hybridized carbons (Fsp3) is 0.273. The molecular weight excluding hydrogens is 178 g/mol. The molecule has 3 N–H and O–H groups in total. The predicted octanol–water partition coefficient (Wildman–Crippen LogP) is 1.21. The molecule has 14 heavy (non-hydrogen) atoms. The van der Waals surface area contributed by atoms with Crippen LogP contribution in [-0.2, 0) is 6.54 Å². The molecule has 0 bridgehead atoms. The zero-order chi connectivity index (χ0) is 10.4. The third kappa shape index (κ3) is 3.00. The molecular formula is C11H13NO2. The molecule has 0 aromatic heterocycles. The van der Waals surface area contributed by atoms with Crippen molar-refractivity contribution in [2.75, 3.05) is 6.54 Å². The highest BCUT2D eigenvalue weighted by Crippen LogP contribution is 2.24. The highest BCUT2D eigenvalue weighted by Gasteiger charge is 1.99. The Morgan fingerprint density at radius 1 is 1.29 bits per heavy atom. The normalized spacial score (nSPS) is 9.21. The quantitative estimate of drug-likeness (QED) is 0.382. The fourth-order valence-electron chi connectivity index (χ4n) is 1.04. The summed E-state index contributed by atoms with van der Waals surface area (Å²) in [5, 5.41) is 21.3. The molecule has 1 rings (SSSR count). The number of aromatic hydroxyl groups is 2. The first-order valence-corrected chi connectivity index (χ1v) is 4.35. The van der Waals surface area contributed by atoms with Gasteiger partial charge >= 0.3 is 0 Å². The maximum Gasteiger partial charge on any atom is 0.157 e. The molecule has 3 nitrogen and oxygen atoms in total. The third-order valence-corrected chi connectivity index (χ3v) is 1.76. The van der Waals surface area contributed by atoms with E-state index in [0.717, 1.165) is 5.56 Å². The maximum absolute atomic E-state index is 9.20. The molecule has 3 heteroatoms. The van der Waals surface area contributed by atoms with Gasteiger partial charge in [-0.2, -0.15) is 0 Å². The van der Waals surface area contributed by atoms with E-state index in [1.54, 1.807) is 13.0 Å². The van der Waals surface area contributed by atoms with Crippen molar-refractivity contribution in [3.8, 4) is 23.3 Å². The lowest BCUT2D eigenvalue weighted by Crippen LogP contribution is -2.12. The van der Waals surface area contributed by atoms with Gasteiger partial charge in [-0.3, -0.25) is 0 Å². The molecule has 1 aromatic rings. The average Bonchev–Trinajstić information content (AvgIpc) is 2.18. The zero-order valence-electron chi connectivity index (χ0n) is 8.04. The Balaban J connectivity index is 2.50. The van der Waals surface area contributed by atoms with Crippen LogP contribution in [0, 0.1) is 11.8 Å². The van der Waals surface area contributed by atoms with E-state index in [-0.39, 0.29) is 11.5 Å². The van der Waals surface area contributed by atoms with Crippen molar-refractivity contribution in [2.24, 2.45) is 0 Å². The second-order valence-corrected chi connectivity index (χ2v) is 2.85.